The summed E-state index contributed by atoms with van der Waals surface area (Å²) in [5.74, 6) is -0.438. The molecular weight excluding hydrogens is 142 g/mol. The molecule has 0 saturated carbocycles. The Kier molecular flexibility index (Phi) is 7.52. The van der Waals surface area contributed by atoms with Crippen molar-refractivity contribution in [2.24, 2.45) is 5.73 Å². The monoisotopic (exact) mass is 153 g/mol. The number of carbonyl (C=O) groups is 1. The topological polar surface area (TPSA) is 94.8 Å². The second-order valence-electron chi connectivity index (χ2n) is 1.46. The molecule has 0 aromatic carbocycles. The lowest BCUT2D eigenvalue weighted by Crippen LogP contribution is -2.30. The number of nitrogens with two attached hydrogens (primary N) is 1. The quantitative estimate of drug-likeness (QED) is 0.449. The van der Waals surface area contributed by atoms with Crippen molar-refractivity contribution in [3.8, 4) is 0 Å². The van der Waals surface area contributed by atoms with Crippen LogP contribution in [0.3, 0.4) is 0 Å². The fraction of sp³-hybridized carbons (Fsp3) is 0.750. The van der Waals surface area contributed by atoms with Crippen LogP contribution in [0.15, 0.2) is 0 Å². The molecule has 0 rings (SSSR count). The zero-order valence-corrected chi connectivity index (χ0v) is 5.77. The lowest BCUT2D eigenvalue weighted by Gasteiger charge is -2.00. The summed E-state index contributed by atoms with van der Waals surface area (Å²) in [6.45, 7) is 0. The summed E-state index contributed by atoms with van der Waals surface area (Å²) in [4.78, 5) is 9.93. The SMILES string of the molecule is NC(CCS)C(=O)O.O. The Bertz CT molecular complexity index is 87.9. The highest BCUT2D eigenvalue weighted by Gasteiger charge is 2.08. The molecule has 56 valence electrons. The Balaban J connectivity index is 0. The lowest BCUT2D eigenvalue weighted by atomic mass is 10.2. The summed E-state index contributed by atoms with van der Waals surface area (Å²) in [7, 11) is 0. The van der Waals surface area contributed by atoms with Gasteiger partial charge in [0.15, 0.2) is 0 Å². The Morgan fingerprint density at radius 3 is 2.33 bits per heavy atom. The summed E-state index contributed by atoms with van der Waals surface area (Å²) in [5.41, 5.74) is 5.08. The molecule has 0 radical (unpaired) electrons. The summed E-state index contributed by atoms with van der Waals surface area (Å²) in [6.07, 6.45) is 0.429. The van der Waals surface area contributed by atoms with E-state index in [0.29, 0.717) is 12.2 Å². The molecule has 0 heterocycles. The van der Waals surface area contributed by atoms with Gasteiger partial charge in [0, 0.05) is 0 Å². The van der Waals surface area contributed by atoms with Gasteiger partial charge in [-0.3, -0.25) is 4.79 Å². The average Bonchev–Trinajstić information content (AvgIpc) is 1.67. The first-order valence-corrected chi connectivity index (χ1v) is 2.91. The molecule has 1 atom stereocenters. The third kappa shape index (κ3) is 5.61. The van der Waals surface area contributed by atoms with Crippen molar-refractivity contribution in [2.75, 3.05) is 5.75 Å². The van der Waals surface area contributed by atoms with Gasteiger partial charge in [0.05, 0.1) is 0 Å². The normalized spacial score (nSPS) is 11.8. The molecule has 0 bridgehead atoms. The number of carboxylic acid groups (broad SMARTS) is 1. The van der Waals surface area contributed by atoms with E-state index in [0.717, 1.165) is 0 Å². The Hall–Kier alpha value is -0.260. The van der Waals surface area contributed by atoms with E-state index in [-0.39, 0.29) is 5.48 Å². The van der Waals surface area contributed by atoms with Crippen molar-refractivity contribution in [3.05, 3.63) is 0 Å². The smallest absolute Gasteiger partial charge is 0.320 e. The van der Waals surface area contributed by atoms with Crippen LogP contribution in [0.1, 0.15) is 6.42 Å². The maximum Gasteiger partial charge on any atom is 0.320 e. The molecule has 0 aliphatic carbocycles. The van der Waals surface area contributed by atoms with Crippen LogP contribution in [0.4, 0.5) is 0 Å². The van der Waals surface area contributed by atoms with Gasteiger partial charge in [-0.25, -0.2) is 0 Å². The van der Waals surface area contributed by atoms with E-state index in [1.807, 2.05) is 0 Å². The van der Waals surface area contributed by atoms with Crippen LogP contribution in [0.5, 0.6) is 0 Å². The number of thiol groups is 1. The van der Waals surface area contributed by atoms with E-state index in [4.69, 9.17) is 10.8 Å². The van der Waals surface area contributed by atoms with Crippen LogP contribution in [-0.4, -0.2) is 28.3 Å². The molecule has 5 heteroatoms. The molecule has 0 spiro atoms. The number of rotatable bonds is 3. The van der Waals surface area contributed by atoms with E-state index in [1.54, 1.807) is 0 Å². The van der Waals surface area contributed by atoms with E-state index >= 15 is 0 Å². The number of hydrogen-bond acceptors (Lipinski definition) is 3. The fourth-order valence-corrected chi connectivity index (χ4v) is 0.541. The highest BCUT2D eigenvalue weighted by molar-refractivity contribution is 7.80. The van der Waals surface area contributed by atoms with Gasteiger partial charge in [0.2, 0.25) is 0 Å². The van der Waals surface area contributed by atoms with Crippen molar-refractivity contribution in [2.45, 2.75) is 12.5 Å². The van der Waals surface area contributed by atoms with Crippen LogP contribution in [0, 0.1) is 0 Å². The first-order valence-electron chi connectivity index (χ1n) is 2.27. The molecule has 0 aliphatic rings. The van der Waals surface area contributed by atoms with Gasteiger partial charge < -0.3 is 16.3 Å². The van der Waals surface area contributed by atoms with E-state index in [1.165, 1.54) is 0 Å². The van der Waals surface area contributed by atoms with Crippen LogP contribution >= 0.6 is 12.6 Å². The molecule has 0 aromatic rings. The Morgan fingerprint density at radius 1 is 1.78 bits per heavy atom. The van der Waals surface area contributed by atoms with Crippen molar-refractivity contribution < 1.29 is 15.4 Å². The molecule has 0 amide bonds. The van der Waals surface area contributed by atoms with Crippen LogP contribution in [0.25, 0.3) is 0 Å². The maximum atomic E-state index is 9.93. The fourth-order valence-electron chi connectivity index (χ4n) is 0.263. The first-order chi connectivity index (χ1) is 3.68. The number of aliphatic carboxylic acids is 1. The zero-order chi connectivity index (χ0) is 6.57. The summed E-state index contributed by atoms with van der Waals surface area (Å²) in [6, 6.07) is -0.743. The summed E-state index contributed by atoms with van der Waals surface area (Å²) >= 11 is 3.81. The molecule has 0 saturated heterocycles. The minimum absolute atomic E-state index is 0. The minimum Gasteiger partial charge on any atom is -0.480 e. The van der Waals surface area contributed by atoms with E-state index in [9.17, 15) is 4.79 Å². The van der Waals surface area contributed by atoms with Gasteiger partial charge in [-0.1, -0.05) is 0 Å². The highest BCUT2D eigenvalue weighted by Crippen LogP contribution is 1.88. The van der Waals surface area contributed by atoms with Gasteiger partial charge in [-0.2, -0.15) is 12.6 Å². The second kappa shape index (κ2) is 5.87. The second-order valence-corrected chi connectivity index (χ2v) is 1.90. The van der Waals surface area contributed by atoms with Crippen LogP contribution < -0.4 is 5.73 Å². The highest BCUT2D eigenvalue weighted by atomic mass is 32.1. The molecule has 0 aromatic heterocycles. The molecule has 4 nitrogen and oxygen atoms in total. The van der Waals surface area contributed by atoms with Gasteiger partial charge >= 0.3 is 5.97 Å². The Labute approximate surface area is 58.8 Å². The van der Waals surface area contributed by atoms with E-state index < -0.39 is 12.0 Å². The van der Waals surface area contributed by atoms with Crippen LogP contribution in [-0.2, 0) is 4.79 Å². The summed E-state index contributed by atoms with van der Waals surface area (Å²) < 4.78 is 0. The predicted octanol–water partition coefficient (Wildman–Crippen LogP) is -1.11. The van der Waals surface area contributed by atoms with Crippen molar-refractivity contribution in [1.29, 1.82) is 0 Å². The molecule has 5 N–H and O–H groups in total. The molecule has 0 aliphatic heterocycles. The minimum atomic E-state index is -0.959. The van der Waals surface area contributed by atoms with Crippen LogP contribution in [0.2, 0.25) is 0 Å². The number of hydrogen-bond donors (Lipinski definition) is 3. The maximum absolute atomic E-state index is 9.93. The summed E-state index contributed by atoms with van der Waals surface area (Å²) in [5, 5.41) is 8.15. The molecule has 9 heavy (non-hydrogen) atoms. The van der Waals surface area contributed by atoms with Gasteiger partial charge in [0.1, 0.15) is 6.04 Å². The van der Waals surface area contributed by atoms with Gasteiger partial charge in [-0.05, 0) is 12.2 Å². The van der Waals surface area contributed by atoms with Crippen molar-refractivity contribution >= 4 is 18.6 Å². The molecule has 1 unspecified atom stereocenters. The van der Waals surface area contributed by atoms with Gasteiger partial charge in [0.25, 0.3) is 0 Å². The molecular formula is C4H11NO3S. The third-order valence-electron chi connectivity index (χ3n) is 0.757. The standard InChI is InChI=1S/C4H9NO2S.H2O/c5-3(1-2-8)4(6)7;/h3,8H,1-2,5H2,(H,6,7);1H2. The average molecular weight is 153 g/mol. The number of carboxylic acids is 1. The zero-order valence-electron chi connectivity index (χ0n) is 4.87. The van der Waals surface area contributed by atoms with E-state index in [2.05, 4.69) is 12.6 Å². The van der Waals surface area contributed by atoms with Gasteiger partial charge in [-0.15, -0.1) is 0 Å². The molecule has 0 fully saturated rings. The lowest BCUT2D eigenvalue weighted by molar-refractivity contribution is -0.138. The predicted molar refractivity (Wildman–Crippen MR) is 37.7 cm³/mol. The third-order valence-corrected chi connectivity index (χ3v) is 1.02. The van der Waals surface area contributed by atoms with Crippen molar-refractivity contribution in [1.82, 2.24) is 0 Å². The van der Waals surface area contributed by atoms with Crippen molar-refractivity contribution in [3.63, 3.8) is 0 Å². The first kappa shape index (κ1) is 11.5. The largest absolute Gasteiger partial charge is 0.480 e. The Morgan fingerprint density at radius 2 is 2.22 bits per heavy atom.